The van der Waals surface area contributed by atoms with Gasteiger partial charge in [-0.2, -0.15) is 0 Å². The van der Waals surface area contributed by atoms with Crippen LogP contribution in [0.25, 0.3) is 0 Å². The highest BCUT2D eigenvalue weighted by atomic mass is 16.2. The molecule has 0 spiro atoms. The third-order valence-electron chi connectivity index (χ3n) is 4.76. The number of amides is 1. The van der Waals surface area contributed by atoms with Crippen LogP contribution in [0.4, 0.5) is 0 Å². The molecule has 0 saturated carbocycles. The highest BCUT2D eigenvalue weighted by molar-refractivity contribution is 5.79. The fraction of sp³-hybridized carbons (Fsp3) is 0.429. The Morgan fingerprint density at radius 3 is 2.64 bits per heavy atom. The molecule has 0 aliphatic carbocycles. The molecule has 1 aromatic heterocycles. The Morgan fingerprint density at radius 1 is 1.16 bits per heavy atom. The molecule has 1 aromatic carbocycles. The normalized spacial score (nSPS) is 17.7. The molecule has 0 radical (unpaired) electrons. The van der Waals surface area contributed by atoms with Gasteiger partial charge in [-0.1, -0.05) is 30.3 Å². The van der Waals surface area contributed by atoms with Crippen LogP contribution in [0.1, 0.15) is 42.0 Å². The maximum Gasteiger partial charge on any atom is 0.227 e. The number of rotatable bonds is 5. The number of pyridine rings is 1. The van der Waals surface area contributed by atoms with Gasteiger partial charge in [-0.05, 0) is 56.1 Å². The molecule has 0 unspecified atom stereocenters. The van der Waals surface area contributed by atoms with Gasteiger partial charge in [0.05, 0.1) is 12.5 Å². The molecular formula is C21H27N3O. The van der Waals surface area contributed by atoms with Gasteiger partial charge in [-0.3, -0.25) is 9.78 Å². The summed E-state index contributed by atoms with van der Waals surface area (Å²) >= 11 is 0. The lowest BCUT2D eigenvalue weighted by Crippen LogP contribution is -2.39. The summed E-state index contributed by atoms with van der Waals surface area (Å²) in [5.74, 6) is 0.204. The zero-order valence-corrected chi connectivity index (χ0v) is 15.2. The van der Waals surface area contributed by atoms with Crippen molar-refractivity contribution in [2.75, 3.05) is 20.6 Å². The van der Waals surface area contributed by atoms with Crippen LogP contribution in [0.3, 0.4) is 0 Å². The molecule has 1 amide bonds. The monoisotopic (exact) mass is 337 g/mol. The van der Waals surface area contributed by atoms with Crippen LogP contribution < -0.4 is 0 Å². The Hall–Kier alpha value is -2.20. The lowest BCUT2D eigenvalue weighted by molar-refractivity contribution is -0.134. The molecule has 132 valence electrons. The summed E-state index contributed by atoms with van der Waals surface area (Å²) in [4.78, 5) is 21.2. The van der Waals surface area contributed by atoms with Crippen molar-refractivity contribution in [2.45, 2.75) is 38.3 Å². The van der Waals surface area contributed by atoms with Gasteiger partial charge in [0.2, 0.25) is 5.91 Å². The van der Waals surface area contributed by atoms with Gasteiger partial charge in [0.1, 0.15) is 0 Å². The van der Waals surface area contributed by atoms with E-state index >= 15 is 0 Å². The average Bonchev–Trinajstić information content (AvgIpc) is 2.63. The number of benzene rings is 1. The Morgan fingerprint density at radius 2 is 1.96 bits per heavy atom. The summed E-state index contributed by atoms with van der Waals surface area (Å²) in [5, 5.41) is 0. The van der Waals surface area contributed by atoms with E-state index in [2.05, 4.69) is 53.1 Å². The average molecular weight is 337 g/mol. The van der Waals surface area contributed by atoms with Crippen molar-refractivity contribution in [3.05, 3.63) is 65.5 Å². The van der Waals surface area contributed by atoms with E-state index in [0.717, 1.165) is 31.5 Å². The van der Waals surface area contributed by atoms with E-state index in [4.69, 9.17) is 0 Å². The predicted octanol–water partition coefficient (Wildman–Crippen LogP) is 3.44. The smallest absolute Gasteiger partial charge is 0.227 e. The maximum absolute atomic E-state index is 12.9. The predicted molar refractivity (Wildman–Crippen MR) is 100 cm³/mol. The molecule has 4 nitrogen and oxygen atoms in total. The summed E-state index contributed by atoms with van der Waals surface area (Å²) in [7, 11) is 4.15. The number of nitrogens with zero attached hydrogens (tertiary/aromatic N) is 3. The molecule has 0 N–H and O–H groups in total. The first-order valence-electron chi connectivity index (χ1n) is 9.05. The van der Waals surface area contributed by atoms with E-state index in [-0.39, 0.29) is 11.9 Å². The van der Waals surface area contributed by atoms with Gasteiger partial charge in [0, 0.05) is 25.5 Å². The molecule has 2 aromatic rings. The van der Waals surface area contributed by atoms with Crippen LogP contribution in [-0.4, -0.2) is 41.3 Å². The zero-order chi connectivity index (χ0) is 17.6. The van der Waals surface area contributed by atoms with Crippen LogP contribution in [0, 0.1) is 0 Å². The van der Waals surface area contributed by atoms with Crippen LogP contribution in [-0.2, 0) is 17.8 Å². The van der Waals surface area contributed by atoms with Crippen molar-refractivity contribution in [1.29, 1.82) is 0 Å². The van der Waals surface area contributed by atoms with Crippen LogP contribution >= 0.6 is 0 Å². The molecule has 2 heterocycles. The fourth-order valence-electron chi connectivity index (χ4n) is 3.57. The SMILES string of the molecule is CN(C)Cc1ccc([C@H]2CCCCN2C(=O)Cc2cccnc2)cc1. The first-order chi connectivity index (χ1) is 12.1. The summed E-state index contributed by atoms with van der Waals surface area (Å²) in [6.45, 7) is 1.79. The molecule has 0 bridgehead atoms. The minimum absolute atomic E-state index is 0.200. The standard InChI is InChI=1S/C21H27N3O/c1-23(2)16-17-8-10-19(11-9-17)20-7-3-4-13-24(20)21(25)14-18-6-5-12-22-15-18/h5-6,8-12,15,20H,3-4,7,13-14,16H2,1-2H3/t20-/m1/s1. The number of aromatic nitrogens is 1. The highest BCUT2D eigenvalue weighted by Crippen LogP contribution is 2.31. The molecular weight excluding hydrogens is 310 g/mol. The fourth-order valence-corrected chi connectivity index (χ4v) is 3.57. The van der Waals surface area contributed by atoms with Gasteiger partial charge >= 0.3 is 0 Å². The summed E-state index contributed by atoms with van der Waals surface area (Å²) in [6.07, 6.45) is 7.28. The van der Waals surface area contributed by atoms with E-state index in [0.29, 0.717) is 6.42 Å². The van der Waals surface area contributed by atoms with Crippen LogP contribution in [0.5, 0.6) is 0 Å². The van der Waals surface area contributed by atoms with E-state index in [1.807, 2.05) is 12.1 Å². The first kappa shape index (κ1) is 17.6. The second kappa shape index (κ2) is 8.26. The van der Waals surface area contributed by atoms with Crippen molar-refractivity contribution in [3.8, 4) is 0 Å². The minimum Gasteiger partial charge on any atom is -0.335 e. The molecule has 1 aliphatic rings. The topological polar surface area (TPSA) is 36.4 Å². The largest absolute Gasteiger partial charge is 0.335 e. The van der Waals surface area contributed by atoms with Crippen LogP contribution in [0.2, 0.25) is 0 Å². The third kappa shape index (κ3) is 4.67. The van der Waals surface area contributed by atoms with E-state index in [9.17, 15) is 4.79 Å². The number of hydrogen-bond donors (Lipinski definition) is 0. The minimum atomic E-state index is 0.200. The van der Waals surface area contributed by atoms with Crippen molar-refractivity contribution >= 4 is 5.91 Å². The second-order valence-corrected chi connectivity index (χ2v) is 7.12. The van der Waals surface area contributed by atoms with Gasteiger partial charge in [0.25, 0.3) is 0 Å². The Balaban J connectivity index is 1.73. The highest BCUT2D eigenvalue weighted by Gasteiger charge is 2.27. The van der Waals surface area contributed by atoms with Crippen molar-refractivity contribution in [3.63, 3.8) is 0 Å². The summed E-state index contributed by atoms with van der Waals surface area (Å²) in [5.41, 5.74) is 3.54. The lowest BCUT2D eigenvalue weighted by atomic mass is 9.94. The van der Waals surface area contributed by atoms with E-state index < -0.39 is 0 Å². The number of likely N-dealkylation sites (tertiary alicyclic amines) is 1. The molecule has 1 saturated heterocycles. The van der Waals surface area contributed by atoms with Gasteiger partial charge in [-0.15, -0.1) is 0 Å². The molecule has 3 rings (SSSR count). The van der Waals surface area contributed by atoms with Crippen LogP contribution in [0.15, 0.2) is 48.8 Å². The van der Waals surface area contributed by atoms with Gasteiger partial charge in [-0.25, -0.2) is 0 Å². The van der Waals surface area contributed by atoms with Gasteiger partial charge in [0.15, 0.2) is 0 Å². The summed E-state index contributed by atoms with van der Waals surface area (Å²) < 4.78 is 0. The molecule has 1 aliphatic heterocycles. The lowest BCUT2D eigenvalue weighted by Gasteiger charge is -2.36. The second-order valence-electron chi connectivity index (χ2n) is 7.12. The zero-order valence-electron chi connectivity index (χ0n) is 15.2. The van der Waals surface area contributed by atoms with E-state index in [1.54, 1.807) is 12.4 Å². The number of carbonyl (C=O) groups excluding carboxylic acids is 1. The van der Waals surface area contributed by atoms with Crippen molar-refractivity contribution < 1.29 is 4.79 Å². The first-order valence-corrected chi connectivity index (χ1v) is 9.05. The maximum atomic E-state index is 12.9. The third-order valence-corrected chi connectivity index (χ3v) is 4.76. The Labute approximate surface area is 150 Å². The van der Waals surface area contributed by atoms with E-state index in [1.165, 1.54) is 17.5 Å². The summed E-state index contributed by atoms with van der Waals surface area (Å²) in [6, 6.07) is 12.8. The quantitative estimate of drug-likeness (QED) is 0.838. The van der Waals surface area contributed by atoms with Crippen molar-refractivity contribution in [2.24, 2.45) is 0 Å². The molecule has 1 atom stereocenters. The Bertz CT molecular complexity index is 682. The number of piperidine rings is 1. The number of hydrogen-bond acceptors (Lipinski definition) is 3. The number of carbonyl (C=O) groups is 1. The van der Waals surface area contributed by atoms with Gasteiger partial charge < -0.3 is 9.80 Å². The van der Waals surface area contributed by atoms with Crippen molar-refractivity contribution in [1.82, 2.24) is 14.8 Å². The Kier molecular flexibility index (Phi) is 5.82. The molecule has 4 heteroatoms. The molecule has 25 heavy (non-hydrogen) atoms. The molecule has 1 fully saturated rings.